The molecule has 9 heteroatoms. The molecule has 0 radical (unpaired) electrons. The first-order valence-corrected chi connectivity index (χ1v) is 12.3. The highest BCUT2D eigenvalue weighted by Gasteiger charge is 2.51. The van der Waals surface area contributed by atoms with Crippen LogP contribution in [0, 0.1) is 5.41 Å². The first-order chi connectivity index (χ1) is 13.9. The van der Waals surface area contributed by atoms with Gasteiger partial charge in [0.15, 0.2) is 5.82 Å². The third kappa shape index (κ3) is 3.76. The van der Waals surface area contributed by atoms with Gasteiger partial charge in [-0.2, -0.15) is 13.2 Å². The summed E-state index contributed by atoms with van der Waals surface area (Å²) in [5.74, 6) is 1.18. The van der Waals surface area contributed by atoms with Crippen molar-refractivity contribution in [2.45, 2.75) is 56.5 Å². The van der Waals surface area contributed by atoms with Gasteiger partial charge in [-0.25, -0.2) is 8.42 Å². The minimum absolute atomic E-state index is 0.0387. The average Bonchev–Trinajstić information content (AvgIpc) is 3.09. The molecule has 0 saturated heterocycles. The van der Waals surface area contributed by atoms with Crippen LogP contribution < -0.4 is 0 Å². The normalized spacial score (nSPS) is 26.8. The minimum Gasteiger partial charge on any atom is -0.314 e. The monoisotopic (exact) mass is 441 g/mol. The maximum absolute atomic E-state index is 13.5. The summed E-state index contributed by atoms with van der Waals surface area (Å²) in [4.78, 5) is 0. The number of hydrogen-bond donors (Lipinski definition) is 0. The lowest BCUT2D eigenvalue weighted by Crippen LogP contribution is -2.46. The van der Waals surface area contributed by atoms with E-state index < -0.39 is 21.6 Å². The predicted octanol–water partition coefficient (Wildman–Crippen LogP) is 4.53. The molecule has 3 aliphatic carbocycles. The van der Waals surface area contributed by atoms with Crippen molar-refractivity contribution in [1.29, 1.82) is 0 Å². The third-order valence-corrected chi connectivity index (χ3v) is 8.17. The van der Waals surface area contributed by atoms with Crippen molar-refractivity contribution in [2.75, 3.05) is 12.0 Å². The fraction of sp³-hybridized carbons (Fsp3) is 0.619. The summed E-state index contributed by atoms with van der Waals surface area (Å²) < 4.78 is 65.4. The van der Waals surface area contributed by atoms with Gasteiger partial charge in [-0.3, -0.25) is 0 Å². The molecule has 0 amide bonds. The Morgan fingerprint density at radius 1 is 1.03 bits per heavy atom. The molecule has 0 unspecified atom stereocenters. The fourth-order valence-corrected chi connectivity index (χ4v) is 6.13. The second kappa shape index (κ2) is 7.07. The molecule has 1 aromatic carbocycles. The van der Waals surface area contributed by atoms with Crippen LogP contribution in [0.5, 0.6) is 0 Å². The number of halogens is 3. The van der Waals surface area contributed by atoms with Crippen molar-refractivity contribution in [3.05, 3.63) is 35.7 Å². The Labute approximate surface area is 174 Å². The summed E-state index contributed by atoms with van der Waals surface area (Å²) in [5.41, 5.74) is -0.803. The van der Waals surface area contributed by atoms with Gasteiger partial charge >= 0.3 is 6.18 Å². The average molecular weight is 442 g/mol. The Morgan fingerprint density at radius 3 is 2.20 bits per heavy atom. The predicted molar refractivity (Wildman–Crippen MR) is 108 cm³/mol. The van der Waals surface area contributed by atoms with Gasteiger partial charge in [0.05, 0.1) is 11.3 Å². The smallest absolute Gasteiger partial charge is 0.314 e. The molecule has 3 fully saturated rings. The number of fused-ring (bicyclic) bond motifs is 3. The molecular formula is C21H26F3N3O2S. The lowest BCUT2D eigenvalue weighted by Gasteiger charge is -2.53. The number of hydrogen-bond acceptors (Lipinski definition) is 4. The number of nitrogens with zero attached hydrogens (tertiary/aromatic N) is 3. The van der Waals surface area contributed by atoms with E-state index in [1.165, 1.54) is 18.4 Å². The molecule has 1 aromatic heterocycles. The van der Waals surface area contributed by atoms with Gasteiger partial charge in [0, 0.05) is 24.3 Å². The summed E-state index contributed by atoms with van der Waals surface area (Å²) in [5, 5.41) is 8.53. The lowest BCUT2D eigenvalue weighted by atomic mass is 9.52. The van der Waals surface area contributed by atoms with Crippen LogP contribution >= 0.6 is 0 Å². The molecule has 0 N–H and O–H groups in total. The highest BCUT2D eigenvalue weighted by molar-refractivity contribution is 7.90. The minimum atomic E-state index is -4.46. The molecule has 0 atom stereocenters. The van der Waals surface area contributed by atoms with Crippen molar-refractivity contribution in [2.24, 2.45) is 12.5 Å². The zero-order valence-corrected chi connectivity index (χ0v) is 18.0. The summed E-state index contributed by atoms with van der Waals surface area (Å²) in [6.07, 6.45) is 2.86. The molecule has 164 valence electrons. The van der Waals surface area contributed by atoms with Crippen LogP contribution in [0.15, 0.2) is 24.3 Å². The van der Waals surface area contributed by atoms with Crippen molar-refractivity contribution in [1.82, 2.24) is 14.8 Å². The van der Waals surface area contributed by atoms with Gasteiger partial charge in [0.25, 0.3) is 0 Å². The van der Waals surface area contributed by atoms with Crippen molar-refractivity contribution in [3.63, 3.8) is 0 Å². The number of aromatic nitrogens is 3. The van der Waals surface area contributed by atoms with E-state index in [9.17, 15) is 21.6 Å². The van der Waals surface area contributed by atoms with Crippen LogP contribution in [-0.2, 0) is 28.5 Å². The zero-order valence-electron chi connectivity index (χ0n) is 17.2. The fourth-order valence-electron chi connectivity index (χ4n) is 5.33. The zero-order chi connectivity index (χ0) is 21.8. The third-order valence-electron chi connectivity index (χ3n) is 7.23. The molecular weight excluding hydrogens is 415 g/mol. The number of rotatable bonds is 5. The standard InChI is InChI=1S/C21H26F3N3O2S/c1-27-17(15-5-3-4-6-16(15)21(22,23)24)25-26-18(27)20-10-7-19(8-11-20,9-12-20)13-14-30(2,28)29/h3-6H,7-14H2,1-2H3. The SMILES string of the molecule is Cn1c(-c2ccccc2C(F)(F)F)nnc1C12CCC(CCS(C)(=O)=O)(CC1)CC2. The number of alkyl halides is 3. The topological polar surface area (TPSA) is 64.8 Å². The van der Waals surface area contributed by atoms with E-state index in [0.717, 1.165) is 50.4 Å². The molecule has 5 rings (SSSR count). The van der Waals surface area contributed by atoms with E-state index in [0.29, 0.717) is 6.42 Å². The van der Waals surface area contributed by atoms with E-state index in [1.807, 2.05) is 0 Å². The quantitative estimate of drug-likeness (QED) is 0.684. The molecule has 3 aliphatic rings. The lowest BCUT2D eigenvalue weighted by molar-refractivity contribution is -0.137. The molecule has 0 spiro atoms. The van der Waals surface area contributed by atoms with Gasteiger partial charge in [-0.15, -0.1) is 10.2 Å². The largest absolute Gasteiger partial charge is 0.417 e. The summed E-state index contributed by atoms with van der Waals surface area (Å²) in [6, 6.07) is 5.46. The second-order valence-corrected chi connectivity index (χ2v) is 11.4. The van der Waals surface area contributed by atoms with Crippen LogP contribution in [0.3, 0.4) is 0 Å². The number of benzene rings is 1. The van der Waals surface area contributed by atoms with Crippen LogP contribution in [0.4, 0.5) is 13.2 Å². The van der Waals surface area contributed by atoms with Crippen LogP contribution in [0.1, 0.15) is 56.3 Å². The molecule has 2 bridgehead atoms. The Morgan fingerprint density at radius 2 is 1.63 bits per heavy atom. The molecule has 30 heavy (non-hydrogen) atoms. The number of sulfone groups is 1. The summed E-state index contributed by atoms with van der Waals surface area (Å²) in [6.45, 7) is 0. The highest BCUT2D eigenvalue weighted by atomic mass is 32.2. The van der Waals surface area contributed by atoms with E-state index in [-0.39, 0.29) is 28.0 Å². The molecule has 1 heterocycles. The Hall–Kier alpha value is -1.90. The van der Waals surface area contributed by atoms with Gasteiger partial charge in [-0.05, 0) is 56.4 Å². The molecule has 3 saturated carbocycles. The van der Waals surface area contributed by atoms with E-state index in [2.05, 4.69) is 10.2 Å². The van der Waals surface area contributed by atoms with E-state index in [4.69, 9.17) is 0 Å². The van der Waals surface area contributed by atoms with Crippen LogP contribution in [0.25, 0.3) is 11.4 Å². The van der Waals surface area contributed by atoms with Gasteiger partial charge in [0.1, 0.15) is 15.7 Å². The van der Waals surface area contributed by atoms with E-state index >= 15 is 0 Å². The maximum atomic E-state index is 13.5. The summed E-state index contributed by atoms with van der Waals surface area (Å²) >= 11 is 0. The molecule has 0 aliphatic heterocycles. The molecule has 2 aromatic rings. The first-order valence-electron chi connectivity index (χ1n) is 10.2. The van der Waals surface area contributed by atoms with Crippen molar-refractivity contribution >= 4 is 9.84 Å². The molecule has 5 nitrogen and oxygen atoms in total. The Balaban J connectivity index is 1.61. The van der Waals surface area contributed by atoms with Crippen molar-refractivity contribution < 1.29 is 21.6 Å². The van der Waals surface area contributed by atoms with Crippen LogP contribution in [0.2, 0.25) is 0 Å². The van der Waals surface area contributed by atoms with Gasteiger partial charge in [-0.1, -0.05) is 18.2 Å². The summed E-state index contributed by atoms with van der Waals surface area (Å²) in [7, 11) is -1.25. The van der Waals surface area contributed by atoms with Crippen molar-refractivity contribution in [3.8, 4) is 11.4 Å². The van der Waals surface area contributed by atoms with E-state index in [1.54, 1.807) is 17.7 Å². The Kier molecular flexibility index (Phi) is 5.03. The van der Waals surface area contributed by atoms with Gasteiger partial charge in [0.2, 0.25) is 0 Å². The maximum Gasteiger partial charge on any atom is 0.417 e. The first kappa shape index (κ1) is 21.3. The van der Waals surface area contributed by atoms with Crippen LogP contribution in [-0.4, -0.2) is 35.2 Å². The van der Waals surface area contributed by atoms with Gasteiger partial charge < -0.3 is 4.57 Å². The highest BCUT2D eigenvalue weighted by Crippen LogP contribution is 2.59. The second-order valence-electron chi connectivity index (χ2n) is 9.11. The Bertz CT molecular complexity index is 1040.